The number of ether oxygens (including phenoxy) is 1. The summed E-state index contributed by atoms with van der Waals surface area (Å²) in [5.74, 6) is -0.589. The number of hydrogen-bond acceptors (Lipinski definition) is 6. The lowest BCUT2D eigenvalue weighted by molar-refractivity contribution is -0.115. The number of rotatable bonds is 6. The number of aryl methyl sites for hydroxylation is 2. The van der Waals surface area contributed by atoms with E-state index in [1.54, 1.807) is 12.1 Å². The van der Waals surface area contributed by atoms with Crippen LogP contribution in [0, 0.1) is 0 Å². The fraction of sp³-hybridized carbons (Fsp3) is 0.250. The number of carbonyl (C=O) groups is 1. The van der Waals surface area contributed by atoms with E-state index in [1.807, 2.05) is 0 Å². The normalized spacial score (nSPS) is 11.5. The molecule has 0 aliphatic carbocycles. The van der Waals surface area contributed by atoms with Crippen LogP contribution in [0.3, 0.4) is 0 Å². The standard InChI is InChI=1S/C20H20ClN3O6S/c1-23-15-6-5-13(11-16(15)24(2)20(27)19(23)26)31(28,29)9-8-18(25)22-14-10-12(21)4-7-17(14)30-3/h4-7,10-11H,8-9H2,1-3H3,(H,22,25). The second-order valence-corrected chi connectivity index (χ2v) is 9.39. The van der Waals surface area contributed by atoms with Gasteiger partial charge in [0.25, 0.3) is 0 Å². The number of methoxy groups -OCH3 is 1. The highest BCUT2D eigenvalue weighted by atomic mass is 35.5. The molecule has 0 atom stereocenters. The highest BCUT2D eigenvalue weighted by Crippen LogP contribution is 2.28. The smallest absolute Gasteiger partial charge is 0.316 e. The molecule has 31 heavy (non-hydrogen) atoms. The van der Waals surface area contributed by atoms with Crippen LogP contribution in [0.5, 0.6) is 5.75 Å². The number of fused-ring (bicyclic) bond motifs is 1. The van der Waals surface area contributed by atoms with E-state index < -0.39 is 32.6 Å². The third kappa shape index (κ3) is 4.49. The SMILES string of the molecule is COc1ccc(Cl)cc1NC(=O)CCS(=O)(=O)c1ccc2c(c1)n(C)c(=O)c(=O)n2C. The van der Waals surface area contributed by atoms with Crippen LogP contribution in [0.2, 0.25) is 5.02 Å². The molecule has 2 aromatic carbocycles. The predicted molar refractivity (Wildman–Crippen MR) is 118 cm³/mol. The van der Waals surface area contributed by atoms with E-state index in [9.17, 15) is 22.8 Å². The predicted octanol–water partition coefficient (Wildman–Crippen LogP) is 1.70. The van der Waals surface area contributed by atoms with Gasteiger partial charge in [-0.1, -0.05) is 11.6 Å². The second-order valence-electron chi connectivity index (χ2n) is 6.84. The molecule has 0 aliphatic heterocycles. The summed E-state index contributed by atoms with van der Waals surface area (Å²) in [6.07, 6.45) is -0.303. The Labute approximate surface area is 182 Å². The third-order valence-electron chi connectivity index (χ3n) is 4.85. The van der Waals surface area contributed by atoms with Gasteiger partial charge in [0.15, 0.2) is 9.84 Å². The summed E-state index contributed by atoms with van der Waals surface area (Å²) in [6.45, 7) is 0. The Balaban J connectivity index is 1.84. The highest BCUT2D eigenvalue weighted by Gasteiger charge is 2.19. The summed E-state index contributed by atoms with van der Waals surface area (Å²) in [6, 6.07) is 8.81. The van der Waals surface area contributed by atoms with E-state index >= 15 is 0 Å². The van der Waals surface area contributed by atoms with Gasteiger partial charge in [-0.05, 0) is 36.4 Å². The minimum Gasteiger partial charge on any atom is -0.495 e. The van der Waals surface area contributed by atoms with Crippen molar-refractivity contribution in [2.45, 2.75) is 11.3 Å². The Morgan fingerprint density at radius 2 is 1.68 bits per heavy atom. The molecule has 0 radical (unpaired) electrons. The zero-order valence-electron chi connectivity index (χ0n) is 17.0. The van der Waals surface area contributed by atoms with Gasteiger partial charge in [0.05, 0.1) is 34.5 Å². The first kappa shape index (κ1) is 22.6. The lowest BCUT2D eigenvalue weighted by Crippen LogP contribution is -2.39. The summed E-state index contributed by atoms with van der Waals surface area (Å²) < 4.78 is 33.0. The van der Waals surface area contributed by atoms with Gasteiger partial charge in [-0.3, -0.25) is 14.4 Å². The van der Waals surface area contributed by atoms with Crippen molar-refractivity contribution >= 4 is 44.1 Å². The zero-order chi connectivity index (χ0) is 22.9. The molecule has 1 aromatic heterocycles. The Morgan fingerprint density at radius 3 is 2.32 bits per heavy atom. The summed E-state index contributed by atoms with van der Waals surface area (Å²) in [7, 11) is 0.437. The van der Waals surface area contributed by atoms with Gasteiger partial charge in [-0.2, -0.15) is 0 Å². The van der Waals surface area contributed by atoms with Crippen LogP contribution >= 0.6 is 11.6 Å². The molecule has 3 rings (SSSR count). The fourth-order valence-corrected chi connectivity index (χ4v) is 4.52. The van der Waals surface area contributed by atoms with Gasteiger partial charge < -0.3 is 19.2 Å². The first-order valence-electron chi connectivity index (χ1n) is 9.11. The minimum absolute atomic E-state index is 0.0539. The van der Waals surface area contributed by atoms with E-state index in [2.05, 4.69) is 5.32 Å². The van der Waals surface area contributed by atoms with Crippen molar-refractivity contribution in [3.8, 4) is 5.75 Å². The largest absolute Gasteiger partial charge is 0.495 e. The first-order chi connectivity index (χ1) is 14.5. The average molecular weight is 466 g/mol. The number of halogens is 1. The number of nitrogens with zero attached hydrogens (tertiary/aromatic N) is 2. The highest BCUT2D eigenvalue weighted by molar-refractivity contribution is 7.91. The molecular formula is C20H20ClN3O6S. The lowest BCUT2D eigenvalue weighted by atomic mass is 10.3. The number of sulfone groups is 1. The van der Waals surface area contributed by atoms with Crippen molar-refractivity contribution in [1.29, 1.82) is 0 Å². The Kier molecular flexibility index (Phi) is 6.23. The lowest BCUT2D eigenvalue weighted by Gasteiger charge is -2.12. The van der Waals surface area contributed by atoms with Gasteiger partial charge in [-0.15, -0.1) is 0 Å². The van der Waals surface area contributed by atoms with Crippen molar-refractivity contribution in [2.24, 2.45) is 14.1 Å². The molecule has 0 bridgehead atoms. The molecule has 0 fully saturated rings. The molecule has 0 spiro atoms. The van der Waals surface area contributed by atoms with E-state index in [0.717, 1.165) is 4.57 Å². The van der Waals surface area contributed by atoms with Crippen molar-refractivity contribution in [3.05, 3.63) is 62.1 Å². The van der Waals surface area contributed by atoms with E-state index in [-0.39, 0.29) is 11.3 Å². The van der Waals surface area contributed by atoms with Gasteiger partial charge in [0, 0.05) is 25.5 Å². The van der Waals surface area contributed by atoms with Gasteiger partial charge >= 0.3 is 11.1 Å². The average Bonchev–Trinajstić information content (AvgIpc) is 2.74. The van der Waals surface area contributed by atoms with E-state index in [4.69, 9.17) is 16.3 Å². The minimum atomic E-state index is -3.84. The fourth-order valence-electron chi connectivity index (χ4n) is 3.09. The van der Waals surface area contributed by atoms with Crippen molar-refractivity contribution < 1.29 is 17.9 Å². The Hall–Kier alpha value is -3.11. The van der Waals surface area contributed by atoms with Crippen LogP contribution in [0.25, 0.3) is 11.0 Å². The van der Waals surface area contributed by atoms with E-state index in [1.165, 1.54) is 50.0 Å². The molecule has 1 N–H and O–H groups in total. The van der Waals surface area contributed by atoms with Crippen LogP contribution in [-0.4, -0.2) is 36.3 Å². The summed E-state index contributed by atoms with van der Waals surface area (Å²) >= 11 is 5.93. The summed E-state index contributed by atoms with van der Waals surface area (Å²) in [4.78, 5) is 36.2. The molecule has 1 amide bonds. The number of amides is 1. The molecule has 0 saturated heterocycles. The van der Waals surface area contributed by atoms with Crippen molar-refractivity contribution in [1.82, 2.24) is 9.13 Å². The molecule has 1 heterocycles. The molecule has 3 aromatic rings. The maximum absolute atomic E-state index is 12.8. The number of carbonyl (C=O) groups excluding carboxylic acids is 1. The summed E-state index contributed by atoms with van der Waals surface area (Å²) in [5, 5.41) is 2.98. The van der Waals surface area contributed by atoms with Crippen molar-refractivity contribution in [3.63, 3.8) is 0 Å². The molecular weight excluding hydrogens is 446 g/mol. The Bertz CT molecular complexity index is 1410. The number of benzene rings is 2. The second kappa shape index (κ2) is 8.56. The maximum Gasteiger partial charge on any atom is 0.316 e. The van der Waals surface area contributed by atoms with Gasteiger partial charge in [0.2, 0.25) is 5.91 Å². The van der Waals surface area contributed by atoms with Crippen LogP contribution in [0.15, 0.2) is 50.9 Å². The summed E-state index contributed by atoms with van der Waals surface area (Å²) in [5.41, 5.74) is -0.435. The first-order valence-corrected chi connectivity index (χ1v) is 11.1. The van der Waals surface area contributed by atoms with Crippen LogP contribution in [0.4, 0.5) is 5.69 Å². The number of anilines is 1. The molecule has 0 unspecified atom stereocenters. The van der Waals surface area contributed by atoms with Crippen LogP contribution in [-0.2, 0) is 28.7 Å². The van der Waals surface area contributed by atoms with Crippen molar-refractivity contribution in [2.75, 3.05) is 18.2 Å². The number of hydrogen-bond donors (Lipinski definition) is 1. The van der Waals surface area contributed by atoms with Crippen LogP contribution < -0.4 is 21.2 Å². The zero-order valence-corrected chi connectivity index (χ0v) is 18.6. The third-order valence-corrected chi connectivity index (χ3v) is 6.80. The monoisotopic (exact) mass is 465 g/mol. The number of aromatic nitrogens is 2. The quantitative estimate of drug-likeness (QED) is 0.554. The van der Waals surface area contributed by atoms with E-state index in [0.29, 0.717) is 27.5 Å². The number of nitrogens with one attached hydrogen (secondary N) is 1. The molecule has 9 nitrogen and oxygen atoms in total. The molecule has 0 saturated carbocycles. The topological polar surface area (TPSA) is 116 Å². The molecule has 164 valence electrons. The van der Waals surface area contributed by atoms with Gasteiger partial charge in [-0.25, -0.2) is 8.42 Å². The molecule has 0 aliphatic rings. The van der Waals surface area contributed by atoms with Crippen LogP contribution in [0.1, 0.15) is 6.42 Å². The maximum atomic E-state index is 12.8. The Morgan fingerprint density at radius 1 is 1.03 bits per heavy atom. The van der Waals surface area contributed by atoms with Gasteiger partial charge in [0.1, 0.15) is 5.75 Å². The molecule has 11 heteroatoms.